The SMILES string of the molecule is Cl.O=C(Cc1ccc(Br)cc1)N1CCCC[C@@H]1CN1CCCC1. The number of carbonyl (C=O) groups is 1. The molecular weight excluding hydrogens is 376 g/mol. The van der Waals surface area contributed by atoms with Gasteiger partial charge in [0.2, 0.25) is 5.91 Å². The van der Waals surface area contributed by atoms with Crippen molar-refractivity contribution in [3.05, 3.63) is 34.3 Å². The standard InChI is InChI=1S/C18H25BrN2O.ClH/c19-16-8-6-15(7-9-16)13-18(22)21-12-2-1-5-17(21)14-20-10-3-4-11-20;/h6-9,17H,1-5,10-14H2;1H/t17-;/m1./s1. The van der Waals surface area contributed by atoms with Crippen LogP contribution >= 0.6 is 28.3 Å². The Morgan fingerprint density at radius 2 is 1.70 bits per heavy atom. The van der Waals surface area contributed by atoms with Gasteiger partial charge in [0.05, 0.1) is 6.42 Å². The molecule has 1 atom stereocenters. The Labute approximate surface area is 154 Å². The Morgan fingerprint density at radius 3 is 2.39 bits per heavy atom. The molecule has 2 aliphatic heterocycles. The average Bonchev–Trinajstić information content (AvgIpc) is 3.03. The molecule has 1 aromatic carbocycles. The normalized spacial score (nSPS) is 22.0. The molecule has 0 N–H and O–H groups in total. The molecule has 2 heterocycles. The number of hydrogen-bond donors (Lipinski definition) is 0. The van der Waals surface area contributed by atoms with Gasteiger partial charge in [-0.2, -0.15) is 0 Å². The van der Waals surface area contributed by atoms with Crippen LogP contribution in [0, 0.1) is 0 Å². The number of hydrogen-bond acceptors (Lipinski definition) is 2. The van der Waals surface area contributed by atoms with E-state index < -0.39 is 0 Å². The summed E-state index contributed by atoms with van der Waals surface area (Å²) in [6.07, 6.45) is 6.76. The lowest BCUT2D eigenvalue weighted by Crippen LogP contribution is -2.49. The molecule has 1 amide bonds. The summed E-state index contributed by atoms with van der Waals surface area (Å²) in [5.41, 5.74) is 1.11. The van der Waals surface area contributed by atoms with E-state index in [1.807, 2.05) is 24.3 Å². The molecule has 3 nitrogen and oxygen atoms in total. The number of amides is 1. The molecule has 5 heteroatoms. The fourth-order valence-electron chi connectivity index (χ4n) is 3.66. The van der Waals surface area contributed by atoms with E-state index in [0.717, 1.165) is 29.5 Å². The lowest BCUT2D eigenvalue weighted by molar-refractivity contribution is -0.134. The summed E-state index contributed by atoms with van der Waals surface area (Å²) in [7, 11) is 0. The summed E-state index contributed by atoms with van der Waals surface area (Å²) in [4.78, 5) is 17.4. The first kappa shape index (κ1) is 18.8. The van der Waals surface area contributed by atoms with Crippen molar-refractivity contribution in [1.82, 2.24) is 9.80 Å². The van der Waals surface area contributed by atoms with Gasteiger partial charge in [0.1, 0.15) is 0 Å². The molecule has 0 saturated carbocycles. The molecule has 128 valence electrons. The zero-order valence-corrected chi connectivity index (χ0v) is 15.9. The molecule has 0 spiro atoms. The van der Waals surface area contributed by atoms with Crippen LogP contribution in [0.2, 0.25) is 0 Å². The fraction of sp³-hybridized carbons (Fsp3) is 0.611. The summed E-state index contributed by atoms with van der Waals surface area (Å²) in [6, 6.07) is 8.54. The van der Waals surface area contributed by atoms with Crippen molar-refractivity contribution < 1.29 is 4.79 Å². The Hall–Kier alpha value is -0.580. The van der Waals surface area contributed by atoms with Gasteiger partial charge < -0.3 is 9.80 Å². The van der Waals surface area contributed by atoms with E-state index in [1.54, 1.807) is 0 Å². The van der Waals surface area contributed by atoms with Crippen LogP contribution in [0.3, 0.4) is 0 Å². The molecule has 2 aliphatic rings. The van der Waals surface area contributed by atoms with Crippen LogP contribution in [0.25, 0.3) is 0 Å². The first-order valence-corrected chi connectivity index (χ1v) is 9.28. The van der Waals surface area contributed by atoms with Gasteiger partial charge in [-0.15, -0.1) is 12.4 Å². The number of piperidine rings is 1. The molecule has 0 unspecified atom stereocenters. The maximum absolute atomic E-state index is 12.7. The van der Waals surface area contributed by atoms with E-state index in [2.05, 4.69) is 25.7 Å². The van der Waals surface area contributed by atoms with E-state index in [4.69, 9.17) is 0 Å². The topological polar surface area (TPSA) is 23.6 Å². The highest BCUT2D eigenvalue weighted by atomic mass is 79.9. The third-order valence-corrected chi connectivity index (χ3v) is 5.41. The van der Waals surface area contributed by atoms with Crippen molar-refractivity contribution in [2.75, 3.05) is 26.2 Å². The second kappa shape index (κ2) is 9.05. The van der Waals surface area contributed by atoms with Crippen molar-refractivity contribution in [3.8, 4) is 0 Å². The molecule has 0 aromatic heterocycles. The minimum atomic E-state index is 0. The largest absolute Gasteiger partial charge is 0.338 e. The summed E-state index contributed by atoms with van der Waals surface area (Å²) in [6.45, 7) is 4.44. The van der Waals surface area contributed by atoms with Crippen molar-refractivity contribution in [3.63, 3.8) is 0 Å². The van der Waals surface area contributed by atoms with Gasteiger partial charge in [0.25, 0.3) is 0 Å². The summed E-state index contributed by atoms with van der Waals surface area (Å²) < 4.78 is 1.06. The molecule has 1 aromatic rings. The molecule has 3 rings (SSSR count). The summed E-state index contributed by atoms with van der Waals surface area (Å²) >= 11 is 3.45. The first-order valence-electron chi connectivity index (χ1n) is 8.48. The predicted molar refractivity (Wildman–Crippen MR) is 100 cm³/mol. The Morgan fingerprint density at radius 1 is 1.04 bits per heavy atom. The molecule has 0 aliphatic carbocycles. The lowest BCUT2D eigenvalue weighted by Gasteiger charge is -2.38. The van der Waals surface area contributed by atoms with Gasteiger partial charge in [0.15, 0.2) is 0 Å². The summed E-state index contributed by atoms with van der Waals surface area (Å²) in [5.74, 6) is 0.297. The quantitative estimate of drug-likeness (QED) is 0.764. The van der Waals surface area contributed by atoms with Crippen LogP contribution in [0.1, 0.15) is 37.7 Å². The molecule has 0 radical (unpaired) electrons. The van der Waals surface area contributed by atoms with Crippen molar-refractivity contribution in [2.45, 2.75) is 44.6 Å². The van der Waals surface area contributed by atoms with Crippen LogP contribution < -0.4 is 0 Å². The second-order valence-corrected chi connectivity index (χ2v) is 7.46. The van der Waals surface area contributed by atoms with Crippen LogP contribution in [0.15, 0.2) is 28.7 Å². The number of rotatable bonds is 4. The van der Waals surface area contributed by atoms with Gasteiger partial charge >= 0.3 is 0 Å². The van der Waals surface area contributed by atoms with Crippen molar-refractivity contribution in [1.29, 1.82) is 0 Å². The average molecular weight is 402 g/mol. The van der Waals surface area contributed by atoms with Crippen LogP contribution in [-0.2, 0) is 11.2 Å². The molecular formula is C18H26BrClN2O. The number of likely N-dealkylation sites (tertiary alicyclic amines) is 2. The Balaban J connectivity index is 0.00000192. The maximum atomic E-state index is 12.7. The highest BCUT2D eigenvalue weighted by Crippen LogP contribution is 2.21. The fourth-order valence-corrected chi connectivity index (χ4v) is 3.92. The molecule has 2 saturated heterocycles. The molecule has 2 fully saturated rings. The molecule has 23 heavy (non-hydrogen) atoms. The third kappa shape index (κ3) is 5.20. The van der Waals surface area contributed by atoms with Gasteiger partial charge in [-0.25, -0.2) is 0 Å². The number of carbonyl (C=O) groups excluding carboxylic acids is 1. The maximum Gasteiger partial charge on any atom is 0.227 e. The number of nitrogens with zero attached hydrogens (tertiary/aromatic N) is 2. The van der Waals surface area contributed by atoms with Crippen LogP contribution in [0.4, 0.5) is 0 Å². The minimum Gasteiger partial charge on any atom is -0.338 e. The van der Waals surface area contributed by atoms with Crippen molar-refractivity contribution in [2.24, 2.45) is 0 Å². The van der Waals surface area contributed by atoms with Gasteiger partial charge in [-0.1, -0.05) is 28.1 Å². The van der Waals surface area contributed by atoms with E-state index in [0.29, 0.717) is 18.4 Å². The van der Waals surface area contributed by atoms with E-state index in [-0.39, 0.29) is 12.4 Å². The summed E-state index contributed by atoms with van der Waals surface area (Å²) in [5, 5.41) is 0. The Kier molecular flexibility index (Phi) is 7.38. The predicted octanol–water partition coefficient (Wildman–Crippen LogP) is 3.89. The highest BCUT2D eigenvalue weighted by Gasteiger charge is 2.28. The number of halogens is 2. The zero-order valence-electron chi connectivity index (χ0n) is 13.5. The van der Waals surface area contributed by atoms with Gasteiger partial charge in [0, 0.05) is 23.6 Å². The van der Waals surface area contributed by atoms with Gasteiger partial charge in [-0.05, 0) is 62.9 Å². The minimum absolute atomic E-state index is 0. The molecule has 0 bridgehead atoms. The third-order valence-electron chi connectivity index (χ3n) is 4.88. The number of benzene rings is 1. The van der Waals surface area contributed by atoms with Crippen LogP contribution in [-0.4, -0.2) is 47.9 Å². The monoisotopic (exact) mass is 400 g/mol. The van der Waals surface area contributed by atoms with E-state index in [9.17, 15) is 4.79 Å². The highest BCUT2D eigenvalue weighted by molar-refractivity contribution is 9.10. The van der Waals surface area contributed by atoms with E-state index >= 15 is 0 Å². The van der Waals surface area contributed by atoms with Crippen molar-refractivity contribution >= 4 is 34.2 Å². The van der Waals surface area contributed by atoms with E-state index in [1.165, 1.54) is 38.8 Å². The van der Waals surface area contributed by atoms with Crippen LogP contribution in [0.5, 0.6) is 0 Å². The second-order valence-electron chi connectivity index (χ2n) is 6.55. The zero-order chi connectivity index (χ0) is 15.4. The van der Waals surface area contributed by atoms with Gasteiger partial charge in [-0.3, -0.25) is 4.79 Å². The smallest absolute Gasteiger partial charge is 0.227 e. The first-order chi connectivity index (χ1) is 10.7. The lowest BCUT2D eigenvalue weighted by atomic mass is 10.00. The Bertz CT molecular complexity index is 502.